The van der Waals surface area contributed by atoms with E-state index in [1.165, 1.54) is 11.1 Å². The highest BCUT2D eigenvalue weighted by molar-refractivity contribution is 5.76. The molecular formula is C18H15NO. The Morgan fingerprint density at radius 3 is 1.85 bits per heavy atom. The molecule has 0 aliphatic rings. The molecule has 0 bridgehead atoms. The van der Waals surface area contributed by atoms with Crippen LogP contribution in [0.1, 0.15) is 22.9 Å². The van der Waals surface area contributed by atoms with Crippen LogP contribution >= 0.6 is 0 Å². The standard InChI is InChI=1S/C18H15NO/c1-3-8-15(9-4-1)18(16-10-5-2-6-11-16)19-14-17-12-7-13-20-17/h1-14,18H. The monoisotopic (exact) mass is 261 g/mol. The lowest BCUT2D eigenvalue weighted by Crippen LogP contribution is -1.98. The Morgan fingerprint density at radius 2 is 1.35 bits per heavy atom. The van der Waals surface area contributed by atoms with Crippen LogP contribution < -0.4 is 0 Å². The van der Waals surface area contributed by atoms with Crippen LogP contribution in [0.2, 0.25) is 0 Å². The van der Waals surface area contributed by atoms with E-state index >= 15 is 0 Å². The molecule has 1 heterocycles. The number of benzene rings is 2. The van der Waals surface area contributed by atoms with Gasteiger partial charge in [-0.3, -0.25) is 4.99 Å². The van der Waals surface area contributed by atoms with Gasteiger partial charge in [-0.2, -0.15) is 0 Å². The molecule has 1 aromatic heterocycles. The molecule has 0 atom stereocenters. The molecule has 0 radical (unpaired) electrons. The summed E-state index contributed by atoms with van der Waals surface area (Å²) in [6.45, 7) is 0. The average molecular weight is 261 g/mol. The number of rotatable bonds is 4. The fraction of sp³-hybridized carbons (Fsp3) is 0.0556. The Bertz CT molecular complexity index is 618. The van der Waals surface area contributed by atoms with E-state index in [9.17, 15) is 0 Å². The maximum atomic E-state index is 5.31. The lowest BCUT2D eigenvalue weighted by molar-refractivity contribution is 0.559. The summed E-state index contributed by atoms with van der Waals surface area (Å²) < 4.78 is 5.31. The third-order valence-electron chi connectivity index (χ3n) is 3.12. The van der Waals surface area contributed by atoms with Crippen molar-refractivity contribution in [2.45, 2.75) is 6.04 Å². The third kappa shape index (κ3) is 2.86. The minimum Gasteiger partial charge on any atom is -0.463 e. The summed E-state index contributed by atoms with van der Waals surface area (Å²) >= 11 is 0. The molecule has 0 aliphatic carbocycles. The quantitative estimate of drug-likeness (QED) is 0.635. The van der Waals surface area contributed by atoms with E-state index in [1.807, 2.05) is 48.5 Å². The molecule has 0 spiro atoms. The largest absolute Gasteiger partial charge is 0.463 e. The molecule has 2 nitrogen and oxygen atoms in total. The Hall–Kier alpha value is -2.61. The van der Waals surface area contributed by atoms with Crippen molar-refractivity contribution in [1.29, 1.82) is 0 Å². The SMILES string of the molecule is C(=NC(c1ccccc1)c1ccccc1)c1ccco1. The molecule has 3 aromatic rings. The zero-order valence-electron chi connectivity index (χ0n) is 11.0. The van der Waals surface area contributed by atoms with Crippen molar-refractivity contribution < 1.29 is 4.42 Å². The first kappa shape index (κ1) is 12.4. The summed E-state index contributed by atoms with van der Waals surface area (Å²) in [5.74, 6) is 0.766. The zero-order valence-corrected chi connectivity index (χ0v) is 11.0. The van der Waals surface area contributed by atoms with Gasteiger partial charge in [0, 0.05) is 0 Å². The van der Waals surface area contributed by atoms with Crippen LogP contribution in [0.5, 0.6) is 0 Å². The van der Waals surface area contributed by atoms with Crippen LogP contribution in [0.25, 0.3) is 0 Å². The normalized spacial score (nSPS) is 11.2. The predicted octanol–water partition coefficient (Wildman–Crippen LogP) is 4.49. The number of furan rings is 1. The van der Waals surface area contributed by atoms with Crippen molar-refractivity contribution in [3.8, 4) is 0 Å². The molecule has 2 aromatic carbocycles. The van der Waals surface area contributed by atoms with Gasteiger partial charge >= 0.3 is 0 Å². The van der Waals surface area contributed by atoms with Gasteiger partial charge in [-0.25, -0.2) is 0 Å². The molecule has 20 heavy (non-hydrogen) atoms. The van der Waals surface area contributed by atoms with Crippen molar-refractivity contribution in [2.75, 3.05) is 0 Å². The molecule has 0 N–H and O–H groups in total. The highest BCUT2D eigenvalue weighted by atomic mass is 16.3. The minimum atomic E-state index is -0.0116. The second-order valence-electron chi connectivity index (χ2n) is 4.52. The molecule has 98 valence electrons. The summed E-state index contributed by atoms with van der Waals surface area (Å²) in [5.41, 5.74) is 2.34. The van der Waals surface area contributed by atoms with Crippen molar-refractivity contribution >= 4 is 6.21 Å². The van der Waals surface area contributed by atoms with Gasteiger partial charge < -0.3 is 4.42 Å². The Labute approximate surface area is 118 Å². The number of hydrogen-bond acceptors (Lipinski definition) is 2. The molecule has 0 aliphatic heterocycles. The van der Waals surface area contributed by atoms with Gasteiger partial charge in [0.1, 0.15) is 11.8 Å². The lowest BCUT2D eigenvalue weighted by Gasteiger charge is -2.13. The van der Waals surface area contributed by atoms with E-state index in [2.05, 4.69) is 29.3 Å². The first-order valence-electron chi connectivity index (χ1n) is 6.60. The van der Waals surface area contributed by atoms with E-state index < -0.39 is 0 Å². The Kier molecular flexibility index (Phi) is 3.74. The van der Waals surface area contributed by atoms with Gasteiger partial charge in [-0.15, -0.1) is 0 Å². The highest BCUT2D eigenvalue weighted by Gasteiger charge is 2.11. The summed E-state index contributed by atoms with van der Waals surface area (Å²) in [5, 5.41) is 0. The van der Waals surface area contributed by atoms with Crippen LogP contribution in [0.4, 0.5) is 0 Å². The Balaban J connectivity index is 1.96. The average Bonchev–Trinajstić information content (AvgIpc) is 3.03. The predicted molar refractivity (Wildman–Crippen MR) is 81.0 cm³/mol. The van der Waals surface area contributed by atoms with Crippen molar-refractivity contribution in [3.05, 3.63) is 95.9 Å². The Morgan fingerprint density at radius 1 is 0.750 bits per heavy atom. The van der Waals surface area contributed by atoms with E-state index in [4.69, 9.17) is 4.42 Å². The smallest absolute Gasteiger partial charge is 0.144 e. The van der Waals surface area contributed by atoms with Gasteiger partial charge in [0.2, 0.25) is 0 Å². The van der Waals surface area contributed by atoms with Crippen molar-refractivity contribution in [3.63, 3.8) is 0 Å². The number of hydrogen-bond donors (Lipinski definition) is 0. The van der Waals surface area contributed by atoms with Crippen LogP contribution in [0, 0.1) is 0 Å². The summed E-state index contributed by atoms with van der Waals surface area (Å²) in [4.78, 5) is 4.69. The number of aliphatic imine (C=N–C) groups is 1. The molecule has 0 amide bonds. The molecule has 0 fully saturated rings. The minimum absolute atomic E-state index is 0.0116. The third-order valence-corrected chi connectivity index (χ3v) is 3.12. The highest BCUT2D eigenvalue weighted by Crippen LogP contribution is 2.25. The fourth-order valence-electron chi connectivity index (χ4n) is 2.15. The summed E-state index contributed by atoms with van der Waals surface area (Å²) in [6, 6.07) is 24.3. The van der Waals surface area contributed by atoms with Crippen LogP contribution in [-0.2, 0) is 0 Å². The first-order chi connectivity index (χ1) is 9.93. The van der Waals surface area contributed by atoms with Gasteiger partial charge in [-0.05, 0) is 23.3 Å². The van der Waals surface area contributed by atoms with E-state index in [0.29, 0.717) is 0 Å². The van der Waals surface area contributed by atoms with E-state index in [0.717, 1.165) is 5.76 Å². The van der Waals surface area contributed by atoms with E-state index in [1.54, 1.807) is 12.5 Å². The van der Waals surface area contributed by atoms with Gasteiger partial charge in [0.15, 0.2) is 0 Å². The molecule has 2 heteroatoms. The topological polar surface area (TPSA) is 25.5 Å². The van der Waals surface area contributed by atoms with E-state index in [-0.39, 0.29) is 6.04 Å². The molecule has 3 rings (SSSR count). The van der Waals surface area contributed by atoms with Crippen LogP contribution in [-0.4, -0.2) is 6.21 Å². The molecular weight excluding hydrogens is 246 g/mol. The second-order valence-corrected chi connectivity index (χ2v) is 4.52. The van der Waals surface area contributed by atoms with Crippen LogP contribution in [0.15, 0.2) is 88.5 Å². The fourth-order valence-corrected chi connectivity index (χ4v) is 2.15. The zero-order chi connectivity index (χ0) is 13.6. The van der Waals surface area contributed by atoms with Gasteiger partial charge in [0.25, 0.3) is 0 Å². The van der Waals surface area contributed by atoms with Crippen molar-refractivity contribution in [1.82, 2.24) is 0 Å². The maximum absolute atomic E-state index is 5.31. The number of nitrogens with zero attached hydrogens (tertiary/aromatic N) is 1. The molecule has 0 unspecified atom stereocenters. The summed E-state index contributed by atoms with van der Waals surface area (Å²) in [6.07, 6.45) is 3.44. The first-order valence-corrected chi connectivity index (χ1v) is 6.60. The van der Waals surface area contributed by atoms with Gasteiger partial charge in [-0.1, -0.05) is 60.7 Å². The molecule has 0 saturated carbocycles. The maximum Gasteiger partial charge on any atom is 0.144 e. The van der Waals surface area contributed by atoms with Crippen LogP contribution in [0.3, 0.4) is 0 Å². The second kappa shape index (κ2) is 6.02. The summed E-state index contributed by atoms with van der Waals surface area (Å²) in [7, 11) is 0. The van der Waals surface area contributed by atoms with Crippen molar-refractivity contribution in [2.24, 2.45) is 4.99 Å². The van der Waals surface area contributed by atoms with Gasteiger partial charge in [0.05, 0.1) is 12.5 Å². The molecule has 0 saturated heterocycles. The lowest BCUT2D eigenvalue weighted by atomic mass is 9.99.